The van der Waals surface area contributed by atoms with E-state index >= 15 is 0 Å². The molecule has 1 aliphatic carbocycles. The predicted molar refractivity (Wildman–Crippen MR) is 91.2 cm³/mol. The number of aromatic nitrogens is 1. The van der Waals surface area contributed by atoms with Crippen LogP contribution < -0.4 is 14.8 Å². The number of methoxy groups -OCH3 is 1. The molecule has 0 bridgehead atoms. The van der Waals surface area contributed by atoms with Gasteiger partial charge < -0.3 is 24.8 Å². The maximum atomic E-state index is 12.5. The third-order valence-corrected chi connectivity index (χ3v) is 3.85. The molecule has 2 rings (SSSR count). The summed E-state index contributed by atoms with van der Waals surface area (Å²) >= 11 is 0. The molecule has 1 aromatic heterocycles. The van der Waals surface area contributed by atoms with Crippen LogP contribution in [0.25, 0.3) is 0 Å². The van der Waals surface area contributed by atoms with E-state index in [4.69, 9.17) is 14.6 Å². The van der Waals surface area contributed by atoms with Gasteiger partial charge in [-0.25, -0.2) is 9.78 Å². The molecule has 1 saturated carbocycles. The number of carboxylic acid groups (broad SMARTS) is 1. The van der Waals surface area contributed by atoms with Crippen molar-refractivity contribution in [3.63, 3.8) is 0 Å². The average Bonchev–Trinajstić information content (AvgIpc) is 2.98. The van der Waals surface area contributed by atoms with Crippen molar-refractivity contribution in [3.05, 3.63) is 30.1 Å². The van der Waals surface area contributed by atoms with E-state index in [1.165, 1.54) is 19.4 Å². The number of amides is 1. The van der Waals surface area contributed by atoms with E-state index in [2.05, 4.69) is 10.3 Å². The Balaban J connectivity index is 2.18. The number of ether oxygens (including phenoxy) is 2. The van der Waals surface area contributed by atoms with Crippen LogP contribution in [0.2, 0.25) is 0 Å². The van der Waals surface area contributed by atoms with Gasteiger partial charge in [0.25, 0.3) is 0 Å². The summed E-state index contributed by atoms with van der Waals surface area (Å²) in [6, 6.07) is 1.48. The first-order valence-electron chi connectivity index (χ1n) is 7.98. The molecule has 1 aliphatic rings. The molecule has 2 atom stereocenters. The monoisotopic (exact) mass is 349 g/mol. The molecule has 8 nitrogen and oxygen atoms in total. The highest BCUT2D eigenvalue weighted by Gasteiger charge is 2.29. The van der Waals surface area contributed by atoms with Crippen LogP contribution in [0.3, 0.4) is 0 Å². The predicted octanol–water partition coefficient (Wildman–Crippen LogP) is 1.92. The van der Waals surface area contributed by atoms with E-state index in [1.807, 2.05) is 14.1 Å². The van der Waals surface area contributed by atoms with E-state index in [1.54, 1.807) is 17.2 Å². The lowest BCUT2D eigenvalue weighted by atomic mass is 10.1. The smallest absolute Gasteiger partial charge is 0.404 e. The first-order valence-corrected chi connectivity index (χ1v) is 7.98. The summed E-state index contributed by atoms with van der Waals surface area (Å²) in [6.07, 6.45) is 5.33. The van der Waals surface area contributed by atoms with Gasteiger partial charge in [-0.05, 0) is 18.9 Å². The summed E-state index contributed by atoms with van der Waals surface area (Å²) in [5, 5.41) is 11.3. The van der Waals surface area contributed by atoms with Gasteiger partial charge in [-0.1, -0.05) is 0 Å². The fraction of sp³-hybridized carbons (Fsp3) is 0.471. The number of allylic oxidation sites excluding steroid dienone is 1. The zero-order valence-corrected chi connectivity index (χ0v) is 14.6. The fourth-order valence-electron chi connectivity index (χ4n) is 2.74. The summed E-state index contributed by atoms with van der Waals surface area (Å²) in [6.45, 7) is 0. The lowest BCUT2D eigenvalue weighted by Crippen LogP contribution is -2.32. The van der Waals surface area contributed by atoms with Crippen LogP contribution in [0.1, 0.15) is 29.6 Å². The molecule has 0 unspecified atom stereocenters. The number of hydrogen-bond donors (Lipinski definition) is 2. The van der Waals surface area contributed by atoms with Crippen LogP contribution in [0.15, 0.2) is 24.5 Å². The standard InChI is InChI=1S/C17H23N3O5/c1-20(2)9-7-13(21)15-14(6-8-18-16(15)24-3)25-12-5-4-11(10-12)19-17(22)23/h6-9,11-12,19H,4-5,10H2,1-3H3,(H,22,23)/t11-,12+/m0/s1. The molecule has 1 aromatic rings. The van der Waals surface area contributed by atoms with E-state index in [0.29, 0.717) is 25.0 Å². The van der Waals surface area contributed by atoms with E-state index in [9.17, 15) is 9.59 Å². The van der Waals surface area contributed by atoms with Crippen LogP contribution in [-0.4, -0.2) is 60.2 Å². The van der Waals surface area contributed by atoms with Gasteiger partial charge in [0.1, 0.15) is 17.4 Å². The Morgan fingerprint density at radius 1 is 1.40 bits per heavy atom. The normalized spacial score (nSPS) is 19.6. The second-order valence-corrected chi connectivity index (χ2v) is 6.04. The molecule has 8 heteroatoms. The topological polar surface area (TPSA) is 101 Å². The third kappa shape index (κ3) is 5.10. The summed E-state index contributed by atoms with van der Waals surface area (Å²) < 4.78 is 11.2. The quantitative estimate of drug-likeness (QED) is 0.573. The van der Waals surface area contributed by atoms with E-state index in [-0.39, 0.29) is 29.4 Å². The second-order valence-electron chi connectivity index (χ2n) is 6.04. The zero-order chi connectivity index (χ0) is 18.4. The number of nitrogens with one attached hydrogen (secondary N) is 1. The van der Waals surface area contributed by atoms with Gasteiger partial charge in [0.2, 0.25) is 5.88 Å². The molecule has 2 N–H and O–H groups in total. The molecule has 0 saturated heterocycles. The van der Waals surface area contributed by atoms with Crippen LogP contribution >= 0.6 is 0 Å². The van der Waals surface area contributed by atoms with E-state index in [0.717, 1.165) is 0 Å². The van der Waals surface area contributed by atoms with Gasteiger partial charge in [-0.3, -0.25) is 4.79 Å². The molecule has 0 spiro atoms. The highest BCUT2D eigenvalue weighted by atomic mass is 16.5. The molecule has 0 aromatic carbocycles. The third-order valence-electron chi connectivity index (χ3n) is 3.85. The molecular weight excluding hydrogens is 326 g/mol. The van der Waals surface area contributed by atoms with Crippen molar-refractivity contribution in [2.45, 2.75) is 31.4 Å². The zero-order valence-electron chi connectivity index (χ0n) is 14.6. The Labute approximate surface area is 146 Å². The van der Waals surface area contributed by atoms with Gasteiger partial charge in [-0.2, -0.15) is 0 Å². The Hall–Kier alpha value is -2.77. The average molecular weight is 349 g/mol. The fourth-order valence-corrected chi connectivity index (χ4v) is 2.74. The van der Waals surface area contributed by atoms with Crippen molar-refractivity contribution >= 4 is 11.9 Å². The summed E-state index contributed by atoms with van der Waals surface area (Å²) in [4.78, 5) is 29.1. The highest BCUT2D eigenvalue weighted by Crippen LogP contribution is 2.31. The number of carbonyl (C=O) groups excluding carboxylic acids is 1. The van der Waals surface area contributed by atoms with Crippen LogP contribution in [0.4, 0.5) is 4.79 Å². The Morgan fingerprint density at radius 3 is 2.80 bits per heavy atom. The van der Waals surface area contributed by atoms with Crippen molar-refractivity contribution in [1.29, 1.82) is 0 Å². The largest absolute Gasteiger partial charge is 0.489 e. The number of hydrogen-bond acceptors (Lipinski definition) is 6. The Bertz CT molecular complexity index is 660. The van der Waals surface area contributed by atoms with Crippen LogP contribution in [0, 0.1) is 0 Å². The number of ketones is 1. The van der Waals surface area contributed by atoms with Gasteiger partial charge in [0.05, 0.1) is 7.11 Å². The molecule has 1 fully saturated rings. The van der Waals surface area contributed by atoms with Crippen molar-refractivity contribution in [2.75, 3.05) is 21.2 Å². The number of pyridine rings is 1. The minimum atomic E-state index is -1.04. The number of nitrogens with zero attached hydrogens (tertiary/aromatic N) is 2. The molecular formula is C17H23N3O5. The molecule has 1 heterocycles. The molecule has 136 valence electrons. The van der Waals surface area contributed by atoms with Gasteiger partial charge in [0.15, 0.2) is 5.78 Å². The second kappa shape index (κ2) is 8.36. The first kappa shape index (κ1) is 18.6. The summed E-state index contributed by atoms with van der Waals surface area (Å²) in [5.74, 6) is 0.317. The minimum absolute atomic E-state index is 0.140. The van der Waals surface area contributed by atoms with Gasteiger partial charge >= 0.3 is 6.09 Å². The van der Waals surface area contributed by atoms with Crippen molar-refractivity contribution in [1.82, 2.24) is 15.2 Å². The highest BCUT2D eigenvalue weighted by molar-refractivity contribution is 6.08. The molecule has 0 aliphatic heterocycles. The molecule has 0 radical (unpaired) electrons. The maximum absolute atomic E-state index is 12.5. The maximum Gasteiger partial charge on any atom is 0.404 e. The van der Waals surface area contributed by atoms with Gasteiger partial charge in [0, 0.05) is 45.0 Å². The van der Waals surface area contributed by atoms with Gasteiger partial charge in [-0.15, -0.1) is 0 Å². The minimum Gasteiger partial charge on any atom is -0.489 e. The Kier molecular flexibility index (Phi) is 6.21. The van der Waals surface area contributed by atoms with Crippen LogP contribution in [-0.2, 0) is 0 Å². The molecule has 1 amide bonds. The van der Waals surface area contributed by atoms with Crippen molar-refractivity contribution in [2.24, 2.45) is 0 Å². The van der Waals surface area contributed by atoms with Crippen LogP contribution in [0.5, 0.6) is 11.6 Å². The number of rotatable bonds is 7. The summed E-state index contributed by atoms with van der Waals surface area (Å²) in [7, 11) is 5.08. The Morgan fingerprint density at radius 2 is 2.16 bits per heavy atom. The van der Waals surface area contributed by atoms with Crippen molar-refractivity contribution in [3.8, 4) is 11.6 Å². The lowest BCUT2D eigenvalue weighted by Gasteiger charge is -2.17. The SMILES string of the molecule is COc1nccc(O[C@@H]2CC[C@H](NC(=O)O)C2)c1C(=O)C=CN(C)C. The molecule has 25 heavy (non-hydrogen) atoms. The first-order chi connectivity index (χ1) is 11.9. The van der Waals surface area contributed by atoms with E-state index < -0.39 is 6.09 Å². The number of carbonyl (C=O) groups is 2. The van der Waals surface area contributed by atoms with Crippen molar-refractivity contribution < 1.29 is 24.2 Å². The summed E-state index contributed by atoms with van der Waals surface area (Å²) in [5.41, 5.74) is 0.262. The lowest BCUT2D eigenvalue weighted by molar-refractivity contribution is 0.103.